The quantitative estimate of drug-likeness (QED) is 0.810. The van der Waals surface area contributed by atoms with Crippen LogP contribution >= 0.6 is 22.9 Å². The van der Waals surface area contributed by atoms with Crippen molar-refractivity contribution >= 4 is 22.9 Å². The second kappa shape index (κ2) is 6.48. The van der Waals surface area contributed by atoms with Gasteiger partial charge in [0.1, 0.15) is 0 Å². The molecule has 2 N–H and O–H groups in total. The molecule has 1 aromatic heterocycles. The standard InChI is InChI=1S/C11H18ClNOS/c1-3-8(2)10(14)7-13-6-9-4-5-11(12)15-9/h4-5,8,10,13-14H,3,6-7H2,1-2H3. The summed E-state index contributed by atoms with van der Waals surface area (Å²) in [4.78, 5) is 1.20. The van der Waals surface area contributed by atoms with Gasteiger partial charge >= 0.3 is 0 Å². The van der Waals surface area contributed by atoms with Crippen molar-refractivity contribution in [2.75, 3.05) is 6.54 Å². The first kappa shape index (κ1) is 13.0. The van der Waals surface area contributed by atoms with Crippen LogP contribution in [0.1, 0.15) is 25.1 Å². The number of hydrogen-bond acceptors (Lipinski definition) is 3. The highest BCUT2D eigenvalue weighted by molar-refractivity contribution is 7.16. The van der Waals surface area contributed by atoms with Crippen molar-refractivity contribution in [2.24, 2.45) is 5.92 Å². The monoisotopic (exact) mass is 247 g/mol. The maximum Gasteiger partial charge on any atom is 0.0931 e. The van der Waals surface area contributed by atoms with Gasteiger partial charge in [0.25, 0.3) is 0 Å². The summed E-state index contributed by atoms with van der Waals surface area (Å²) in [6.45, 7) is 5.58. The first-order valence-electron chi connectivity index (χ1n) is 5.26. The molecule has 2 atom stereocenters. The maximum absolute atomic E-state index is 9.72. The van der Waals surface area contributed by atoms with E-state index >= 15 is 0 Å². The molecule has 15 heavy (non-hydrogen) atoms. The Hall–Kier alpha value is -0.0900. The molecule has 1 aromatic rings. The molecule has 0 aliphatic heterocycles. The van der Waals surface area contributed by atoms with Crippen molar-refractivity contribution in [3.8, 4) is 0 Å². The fraction of sp³-hybridized carbons (Fsp3) is 0.636. The van der Waals surface area contributed by atoms with Gasteiger partial charge in [0.2, 0.25) is 0 Å². The molecule has 1 heterocycles. The van der Waals surface area contributed by atoms with Gasteiger partial charge in [0, 0.05) is 18.0 Å². The molecule has 0 saturated heterocycles. The number of aliphatic hydroxyl groups is 1. The summed E-state index contributed by atoms with van der Waals surface area (Å²) in [5.41, 5.74) is 0. The minimum absolute atomic E-state index is 0.259. The molecule has 0 aliphatic carbocycles. The Bertz CT molecular complexity index is 290. The van der Waals surface area contributed by atoms with Crippen LogP contribution in [0.15, 0.2) is 12.1 Å². The number of aliphatic hydroxyl groups excluding tert-OH is 1. The molecule has 0 radical (unpaired) electrons. The zero-order valence-corrected chi connectivity index (χ0v) is 10.7. The van der Waals surface area contributed by atoms with Gasteiger partial charge in [-0.1, -0.05) is 31.9 Å². The predicted molar refractivity (Wildman–Crippen MR) is 66.5 cm³/mol. The largest absolute Gasteiger partial charge is 0.392 e. The van der Waals surface area contributed by atoms with E-state index in [1.54, 1.807) is 11.3 Å². The van der Waals surface area contributed by atoms with Crippen molar-refractivity contribution in [1.29, 1.82) is 0 Å². The van der Waals surface area contributed by atoms with E-state index in [0.29, 0.717) is 12.5 Å². The minimum Gasteiger partial charge on any atom is -0.392 e. The Kier molecular flexibility index (Phi) is 5.61. The molecule has 1 rings (SSSR count). The lowest BCUT2D eigenvalue weighted by atomic mass is 10.0. The van der Waals surface area contributed by atoms with Crippen molar-refractivity contribution in [3.05, 3.63) is 21.3 Å². The highest BCUT2D eigenvalue weighted by atomic mass is 35.5. The number of hydrogen-bond donors (Lipinski definition) is 2. The maximum atomic E-state index is 9.72. The van der Waals surface area contributed by atoms with Gasteiger partial charge in [-0.25, -0.2) is 0 Å². The molecule has 86 valence electrons. The molecule has 0 aromatic carbocycles. The molecule has 2 nitrogen and oxygen atoms in total. The van der Waals surface area contributed by atoms with Gasteiger partial charge in [-0.15, -0.1) is 11.3 Å². The van der Waals surface area contributed by atoms with Crippen molar-refractivity contribution in [1.82, 2.24) is 5.32 Å². The van der Waals surface area contributed by atoms with Gasteiger partial charge in [-0.05, 0) is 18.1 Å². The average molecular weight is 248 g/mol. The third-order valence-electron chi connectivity index (χ3n) is 2.58. The van der Waals surface area contributed by atoms with E-state index in [0.717, 1.165) is 17.3 Å². The van der Waals surface area contributed by atoms with Crippen LogP contribution in [0, 0.1) is 5.92 Å². The second-order valence-corrected chi connectivity index (χ2v) is 5.59. The molecule has 0 spiro atoms. The molecule has 0 aliphatic rings. The van der Waals surface area contributed by atoms with E-state index in [2.05, 4.69) is 19.2 Å². The van der Waals surface area contributed by atoms with E-state index in [1.807, 2.05) is 12.1 Å². The summed E-state index contributed by atoms with van der Waals surface area (Å²) in [6, 6.07) is 3.91. The lowest BCUT2D eigenvalue weighted by Crippen LogP contribution is -2.30. The summed E-state index contributed by atoms with van der Waals surface area (Å²) in [5, 5.41) is 12.9. The van der Waals surface area contributed by atoms with Gasteiger partial charge in [-0.3, -0.25) is 0 Å². The van der Waals surface area contributed by atoms with Crippen LogP contribution in [0.3, 0.4) is 0 Å². The molecule has 4 heteroatoms. The van der Waals surface area contributed by atoms with Crippen LogP contribution in [0.25, 0.3) is 0 Å². The topological polar surface area (TPSA) is 32.3 Å². The van der Waals surface area contributed by atoms with Gasteiger partial charge in [0.05, 0.1) is 10.4 Å². The highest BCUT2D eigenvalue weighted by Crippen LogP contribution is 2.21. The number of nitrogens with one attached hydrogen (secondary N) is 1. The van der Waals surface area contributed by atoms with Crippen LogP contribution in [-0.4, -0.2) is 17.8 Å². The van der Waals surface area contributed by atoms with E-state index in [4.69, 9.17) is 11.6 Å². The summed E-state index contributed by atoms with van der Waals surface area (Å²) >= 11 is 7.39. The second-order valence-electron chi connectivity index (χ2n) is 3.79. The highest BCUT2D eigenvalue weighted by Gasteiger charge is 2.11. The van der Waals surface area contributed by atoms with Gasteiger partial charge < -0.3 is 10.4 Å². The lowest BCUT2D eigenvalue weighted by molar-refractivity contribution is 0.113. The summed E-state index contributed by atoms with van der Waals surface area (Å²) in [5.74, 6) is 0.351. The fourth-order valence-corrected chi connectivity index (χ4v) is 2.32. The summed E-state index contributed by atoms with van der Waals surface area (Å²) in [6.07, 6.45) is 0.749. The van der Waals surface area contributed by atoms with Crippen molar-refractivity contribution in [3.63, 3.8) is 0 Å². The first-order chi connectivity index (χ1) is 7.13. The van der Waals surface area contributed by atoms with Crippen LogP contribution in [0.2, 0.25) is 4.34 Å². The number of thiophene rings is 1. The summed E-state index contributed by atoms with van der Waals surface area (Å²) in [7, 11) is 0. The van der Waals surface area contributed by atoms with Crippen molar-refractivity contribution in [2.45, 2.75) is 32.9 Å². The Balaban J connectivity index is 2.21. The molecule has 0 fully saturated rings. The molecule has 2 unspecified atom stereocenters. The first-order valence-corrected chi connectivity index (χ1v) is 6.46. The molecular weight excluding hydrogens is 230 g/mol. The van der Waals surface area contributed by atoms with E-state index in [-0.39, 0.29) is 6.10 Å². The fourth-order valence-electron chi connectivity index (χ4n) is 1.26. The zero-order valence-electron chi connectivity index (χ0n) is 9.16. The molecular formula is C11H18ClNOS. The van der Waals surface area contributed by atoms with Gasteiger partial charge in [0.15, 0.2) is 0 Å². The van der Waals surface area contributed by atoms with Crippen LogP contribution in [-0.2, 0) is 6.54 Å². The third-order valence-corrected chi connectivity index (χ3v) is 3.81. The predicted octanol–water partition coefficient (Wildman–Crippen LogP) is 2.90. The Morgan fingerprint density at radius 3 is 2.80 bits per heavy atom. The third kappa shape index (κ3) is 4.51. The van der Waals surface area contributed by atoms with E-state index in [1.165, 1.54) is 4.88 Å². The Labute approximate surface area is 100 Å². The Morgan fingerprint density at radius 1 is 1.53 bits per heavy atom. The van der Waals surface area contributed by atoms with Crippen LogP contribution in [0.4, 0.5) is 0 Å². The van der Waals surface area contributed by atoms with E-state index in [9.17, 15) is 5.11 Å². The lowest BCUT2D eigenvalue weighted by Gasteiger charge is -2.17. The SMILES string of the molecule is CCC(C)C(O)CNCc1ccc(Cl)s1. The smallest absolute Gasteiger partial charge is 0.0931 e. The normalized spacial score (nSPS) is 15.2. The minimum atomic E-state index is -0.259. The zero-order chi connectivity index (χ0) is 11.3. The summed E-state index contributed by atoms with van der Waals surface area (Å²) < 4.78 is 0.814. The van der Waals surface area contributed by atoms with E-state index < -0.39 is 0 Å². The number of rotatable bonds is 6. The molecule has 0 saturated carbocycles. The molecule has 0 amide bonds. The molecule has 0 bridgehead atoms. The Morgan fingerprint density at radius 2 is 2.27 bits per heavy atom. The van der Waals surface area contributed by atoms with Crippen molar-refractivity contribution < 1.29 is 5.11 Å². The number of halogens is 1. The average Bonchev–Trinajstić information content (AvgIpc) is 2.63. The van der Waals surface area contributed by atoms with Gasteiger partial charge in [-0.2, -0.15) is 0 Å². The van der Waals surface area contributed by atoms with Crippen LogP contribution < -0.4 is 5.32 Å². The van der Waals surface area contributed by atoms with Crippen LogP contribution in [0.5, 0.6) is 0 Å².